The number of carbonyl (C=O) groups excluding carboxylic acids is 1. The van der Waals surface area contributed by atoms with E-state index in [2.05, 4.69) is 24.0 Å². The first kappa shape index (κ1) is 16.6. The topological polar surface area (TPSA) is 29.5 Å². The Morgan fingerprint density at radius 2 is 1.81 bits per heavy atom. The number of likely N-dealkylation sites (tertiary alicyclic amines) is 1. The fourth-order valence-corrected chi connectivity index (χ4v) is 7.01. The largest absolute Gasteiger partial charge is 0.497 e. The van der Waals surface area contributed by atoms with E-state index in [1.807, 2.05) is 12.1 Å². The summed E-state index contributed by atoms with van der Waals surface area (Å²) >= 11 is 0. The Labute approximate surface area is 157 Å². The van der Waals surface area contributed by atoms with E-state index >= 15 is 0 Å². The fourth-order valence-electron chi connectivity index (χ4n) is 7.01. The van der Waals surface area contributed by atoms with E-state index in [4.69, 9.17) is 4.74 Å². The summed E-state index contributed by atoms with van der Waals surface area (Å²) in [6.07, 6.45) is 8.82. The molecular formula is C23H31NO2. The highest BCUT2D eigenvalue weighted by Gasteiger charge is 2.54. The summed E-state index contributed by atoms with van der Waals surface area (Å²) in [7, 11) is 1.70. The van der Waals surface area contributed by atoms with Crippen molar-refractivity contribution in [1.29, 1.82) is 0 Å². The Kier molecular flexibility index (Phi) is 3.84. The van der Waals surface area contributed by atoms with E-state index < -0.39 is 0 Å². The van der Waals surface area contributed by atoms with Crippen LogP contribution in [0.1, 0.15) is 51.0 Å². The van der Waals surface area contributed by atoms with Gasteiger partial charge in [-0.2, -0.15) is 0 Å². The number of hydrogen-bond donors (Lipinski definition) is 0. The normalized spacial score (nSPS) is 41.1. The smallest absolute Gasteiger partial charge is 0.229 e. The molecule has 1 aromatic carbocycles. The number of nitrogens with zero attached hydrogens (tertiary/aromatic N) is 1. The third kappa shape index (κ3) is 2.58. The van der Waals surface area contributed by atoms with Crippen LogP contribution in [0.25, 0.3) is 0 Å². The number of carbonyl (C=O) groups is 1. The molecule has 3 nitrogen and oxygen atoms in total. The molecule has 140 valence electrons. The first-order chi connectivity index (χ1) is 12.6. The van der Waals surface area contributed by atoms with Crippen LogP contribution in [0.3, 0.4) is 0 Å². The van der Waals surface area contributed by atoms with Crippen molar-refractivity contribution in [3.8, 4) is 5.75 Å². The van der Waals surface area contributed by atoms with Crippen LogP contribution in [-0.4, -0.2) is 30.5 Å². The molecule has 1 amide bonds. The minimum absolute atomic E-state index is 0.249. The lowest BCUT2D eigenvalue weighted by molar-refractivity contribution is -0.145. The molecule has 6 rings (SSSR count). The summed E-state index contributed by atoms with van der Waals surface area (Å²) in [4.78, 5) is 15.8. The molecule has 5 fully saturated rings. The maximum absolute atomic E-state index is 13.5. The molecule has 0 spiro atoms. The van der Waals surface area contributed by atoms with Crippen molar-refractivity contribution in [1.82, 2.24) is 4.90 Å². The van der Waals surface area contributed by atoms with E-state index in [0.29, 0.717) is 11.9 Å². The third-order valence-corrected chi connectivity index (χ3v) is 7.95. The van der Waals surface area contributed by atoms with Crippen LogP contribution in [0.2, 0.25) is 0 Å². The minimum atomic E-state index is -0.249. The second-order valence-electron chi connectivity index (χ2n) is 9.76. The van der Waals surface area contributed by atoms with Crippen LogP contribution in [0, 0.1) is 29.1 Å². The molecule has 4 bridgehead atoms. The lowest BCUT2D eigenvalue weighted by Gasteiger charge is -2.56. The molecule has 0 aromatic heterocycles. The number of ether oxygens (including phenoxy) is 1. The molecule has 0 radical (unpaired) electrons. The van der Waals surface area contributed by atoms with Crippen LogP contribution in [0.15, 0.2) is 24.3 Å². The van der Waals surface area contributed by atoms with Gasteiger partial charge >= 0.3 is 0 Å². The predicted octanol–water partition coefficient (Wildman–Crippen LogP) is 4.30. The first-order valence-corrected chi connectivity index (χ1v) is 10.5. The summed E-state index contributed by atoms with van der Waals surface area (Å²) in [5.74, 6) is 4.81. The van der Waals surface area contributed by atoms with Gasteiger partial charge < -0.3 is 9.64 Å². The Balaban J connectivity index is 1.35. The second kappa shape index (κ2) is 6.00. The van der Waals surface area contributed by atoms with Gasteiger partial charge in [0, 0.05) is 12.6 Å². The van der Waals surface area contributed by atoms with Gasteiger partial charge in [-0.3, -0.25) is 4.79 Å². The highest BCUT2D eigenvalue weighted by Crippen LogP contribution is 2.56. The lowest BCUT2D eigenvalue weighted by Crippen LogP contribution is -2.57. The number of benzene rings is 1. The van der Waals surface area contributed by atoms with Gasteiger partial charge in [-0.15, -0.1) is 0 Å². The van der Waals surface area contributed by atoms with Crippen molar-refractivity contribution >= 4 is 5.91 Å². The number of amides is 1. The molecule has 1 aliphatic heterocycles. The Hall–Kier alpha value is -1.51. The van der Waals surface area contributed by atoms with E-state index in [-0.39, 0.29) is 5.41 Å². The quantitative estimate of drug-likeness (QED) is 0.808. The summed E-state index contributed by atoms with van der Waals surface area (Å²) in [6.45, 7) is 3.15. The van der Waals surface area contributed by atoms with Crippen molar-refractivity contribution in [3.05, 3.63) is 29.8 Å². The van der Waals surface area contributed by atoms with Crippen LogP contribution in [-0.2, 0) is 11.2 Å². The summed E-state index contributed by atoms with van der Waals surface area (Å²) in [6, 6.07) is 8.77. The van der Waals surface area contributed by atoms with Gasteiger partial charge in [-0.25, -0.2) is 0 Å². The SMILES string of the molecule is COc1cccc(CC2(C)CCN(C3C4CC5CC(C4)CC3C5)C2=O)c1. The lowest BCUT2D eigenvalue weighted by atomic mass is 9.54. The van der Waals surface area contributed by atoms with Gasteiger partial charge in [0.15, 0.2) is 0 Å². The number of methoxy groups -OCH3 is 1. The van der Waals surface area contributed by atoms with Gasteiger partial charge in [0.05, 0.1) is 12.5 Å². The highest BCUT2D eigenvalue weighted by molar-refractivity contribution is 5.85. The molecule has 26 heavy (non-hydrogen) atoms. The highest BCUT2D eigenvalue weighted by atomic mass is 16.5. The van der Waals surface area contributed by atoms with Crippen molar-refractivity contribution in [2.45, 2.75) is 57.9 Å². The molecular weight excluding hydrogens is 322 g/mol. The second-order valence-corrected chi connectivity index (χ2v) is 9.76. The van der Waals surface area contributed by atoms with Crippen LogP contribution < -0.4 is 4.74 Å². The first-order valence-electron chi connectivity index (χ1n) is 10.5. The molecule has 1 heterocycles. The van der Waals surface area contributed by atoms with Crippen LogP contribution in [0.4, 0.5) is 0 Å². The predicted molar refractivity (Wildman–Crippen MR) is 102 cm³/mol. The molecule has 4 saturated carbocycles. The van der Waals surface area contributed by atoms with Crippen molar-refractivity contribution in [3.63, 3.8) is 0 Å². The Morgan fingerprint density at radius 3 is 2.46 bits per heavy atom. The summed E-state index contributed by atoms with van der Waals surface area (Å²) < 4.78 is 5.36. The standard InChI is InChI=1S/C23H31NO2/c1-23(14-15-4-3-5-20(13-15)26-2)6-7-24(22(23)25)21-18-9-16-8-17(11-18)12-19(21)10-16/h3-5,13,16-19,21H,6-12,14H2,1-2H3. The number of hydrogen-bond acceptors (Lipinski definition) is 2. The van der Waals surface area contributed by atoms with E-state index in [1.165, 1.54) is 37.7 Å². The zero-order valence-electron chi connectivity index (χ0n) is 16.1. The van der Waals surface area contributed by atoms with Gasteiger partial charge in [0.2, 0.25) is 5.91 Å². The average molecular weight is 354 g/mol. The molecule has 1 saturated heterocycles. The van der Waals surface area contributed by atoms with Crippen molar-refractivity contribution < 1.29 is 9.53 Å². The van der Waals surface area contributed by atoms with E-state index in [0.717, 1.165) is 48.8 Å². The molecule has 1 atom stereocenters. The molecule has 1 aromatic rings. The molecule has 4 aliphatic carbocycles. The van der Waals surface area contributed by atoms with E-state index in [9.17, 15) is 4.79 Å². The minimum Gasteiger partial charge on any atom is -0.497 e. The van der Waals surface area contributed by atoms with Crippen LogP contribution >= 0.6 is 0 Å². The summed E-state index contributed by atoms with van der Waals surface area (Å²) in [5, 5.41) is 0. The van der Waals surface area contributed by atoms with Gasteiger partial charge in [-0.1, -0.05) is 19.1 Å². The Bertz CT molecular complexity index is 686. The average Bonchev–Trinajstić information content (AvgIpc) is 2.90. The third-order valence-electron chi connectivity index (χ3n) is 7.95. The summed E-state index contributed by atoms with van der Waals surface area (Å²) in [5.41, 5.74) is 0.966. The van der Waals surface area contributed by atoms with Gasteiger partial charge in [-0.05, 0) is 86.3 Å². The maximum atomic E-state index is 13.5. The van der Waals surface area contributed by atoms with E-state index in [1.54, 1.807) is 7.11 Å². The maximum Gasteiger partial charge on any atom is 0.229 e. The van der Waals surface area contributed by atoms with Crippen molar-refractivity contribution in [2.24, 2.45) is 29.1 Å². The number of rotatable bonds is 4. The zero-order chi connectivity index (χ0) is 17.9. The zero-order valence-corrected chi connectivity index (χ0v) is 16.1. The van der Waals surface area contributed by atoms with Gasteiger partial charge in [0.25, 0.3) is 0 Å². The fraction of sp³-hybridized carbons (Fsp3) is 0.696. The molecule has 5 aliphatic rings. The Morgan fingerprint density at radius 1 is 1.12 bits per heavy atom. The van der Waals surface area contributed by atoms with Gasteiger partial charge in [0.1, 0.15) is 5.75 Å². The molecule has 0 N–H and O–H groups in total. The molecule has 1 unspecified atom stereocenters. The van der Waals surface area contributed by atoms with Crippen LogP contribution in [0.5, 0.6) is 5.75 Å². The monoisotopic (exact) mass is 353 g/mol. The molecule has 3 heteroatoms. The van der Waals surface area contributed by atoms with Crippen molar-refractivity contribution in [2.75, 3.05) is 13.7 Å².